The van der Waals surface area contributed by atoms with Crippen molar-refractivity contribution in [2.45, 2.75) is 20.8 Å². The molecule has 6 nitrogen and oxygen atoms in total. The van der Waals surface area contributed by atoms with Crippen molar-refractivity contribution >= 4 is 40.8 Å². The molecule has 3 N–H and O–H groups in total. The van der Waals surface area contributed by atoms with Gasteiger partial charge in [0.25, 0.3) is 11.8 Å². The smallest absolute Gasteiger partial charge is 0.256 e. The maximum Gasteiger partial charge on any atom is 0.256 e. The summed E-state index contributed by atoms with van der Waals surface area (Å²) in [5.41, 5.74) is 2.66. The molecule has 1 aromatic heterocycles. The van der Waals surface area contributed by atoms with Crippen LogP contribution in [0.2, 0.25) is 5.02 Å². The fraction of sp³-hybridized carbons (Fsp3) is 0.333. The number of amides is 2. The Morgan fingerprint density at radius 1 is 1.31 bits per heavy atom. The number of nitrogens with one attached hydrogen (secondary N) is 3. The van der Waals surface area contributed by atoms with Gasteiger partial charge >= 0.3 is 0 Å². The van der Waals surface area contributed by atoms with Crippen LogP contribution in [-0.4, -0.2) is 47.9 Å². The predicted octanol–water partition coefficient (Wildman–Crippen LogP) is 3.68. The molecule has 29 heavy (non-hydrogen) atoms. The summed E-state index contributed by atoms with van der Waals surface area (Å²) in [7, 11) is 0. The third kappa shape index (κ3) is 4.36. The summed E-state index contributed by atoms with van der Waals surface area (Å²) in [6.45, 7) is 8.97. The van der Waals surface area contributed by atoms with E-state index in [0.29, 0.717) is 34.7 Å². The van der Waals surface area contributed by atoms with Crippen molar-refractivity contribution in [2.75, 3.05) is 31.5 Å². The number of carbonyl (C=O) groups is 2. The number of anilines is 1. The first-order chi connectivity index (χ1) is 13.8. The Hall–Kier alpha value is -2.64. The highest BCUT2D eigenvalue weighted by Gasteiger charge is 2.26. The van der Waals surface area contributed by atoms with Gasteiger partial charge in [0, 0.05) is 30.0 Å². The summed E-state index contributed by atoms with van der Waals surface area (Å²) >= 11 is 6.45. The van der Waals surface area contributed by atoms with Crippen LogP contribution < -0.4 is 10.6 Å². The van der Waals surface area contributed by atoms with Crippen LogP contribution in [0.25, 0.3) is 11.6 Å². The van der Waals surface area contributed by atoms with Gasteiger partial charge in [-0.2, -0.15) is 0 Å². The standard InChI is InChI=1S/C21H24ClFN4O2/c1-4-27(5-2)9-8-24-21(29)18-12(3)25-17(19(18)22)11-15-14-10-13(23)6-7-16(14)26-20(15)28/h6-7,10-11,25H,4-5,8-9H2,1-3H3,(H,24,29)(H,26,28)/b15-11-. The summed E-state index contributed by atoms with van der Waals surface area (Å²) < 4.78 is 13.6. The Morgan fingerprint density at radius 3 is 2.72 bits per heavy atom. The Bertz CT molecular complexity index is 979. The second-order valence-corrected chi connectivity index (χ2v) is 7.22. The molecule has 0 aliphatic carbocycles. The molecule has 1 aliphatic rings. The average molecular weight is 419 g/mol. The number of nitrogens with zero attached hydrogens (tertiary/aromatic N) is 1. The van der Waals surface area contributed by atoms with Crippen LogP contribution in [0.4, 0.5) is 10.1 Å². The Labute approximate surface area is 174 Å². The van der Waals surface area contributed by atoms with Gasteiger partial charge in [-0.25, -0.2) is 4.39 Å². The molecular weight excluding hydrogens is 395 g/mol. The monoisotopic (exact) mass is 418 g/mol. The Morgan fingerprint density at radius 2 is 2.03 bits per heavy atom. The topological polar surface area (TPSA) is 77.2 Å². The quantitative estimate of drug-likeness (QED) is 0.600. The van der Waals surface area contributed by atoms with Crippen molar-refractivity contribution in [3.05, 3.63) is 51.6 Å². The lowest BCUT2D eigenvalue weighted by molar-refractivity contribution is -0.110. The number of fused-ring (bicyclic) bond motifs is 1. The molecule has 0 bridgehead atoms. The molecular formula is C21H24ClFN4O2. The van der Waals surface area contributed by atoms with Gasteiger partial charge in [-0.3, -0.25) is 9.59 Å². The first-order valence-corrected chi connectivity index (χ1v) is 9.95. The fourth-order valence-corrected chi connectivity index (χ4v) is 3.72. The van der Waals surface area contributed by atoms with E-state index in [-0.39, 0.29) is 22.4 Å². The average Bonchev–Trinajstić information content (AvgIpc) is 3.14. The van der Waals surface area contributed by atoms with Gasteiger partial charge in [-0.1, -0.05) is 25.4 Å². The largest absolute Gasteiger partial charge is 0.357 e. The number of H-pyrrole nitrogens is 1. The van der Waals surface area contributed by atoms with Gasteiger partial charge in [-0.15, -0.1) is 0 Å². The molecule has 8 heteroatoms. The molecule has 0 saturated heterocycles. The number of aryl methyl sites for hydroxylation is 1. The van der Waals surface area contributed by atoms with Crippen LogP contribution >= 0.6 is 11.6 Å². The minimum atomic E-state index is -0.437. The Kier molecular flexibility index (Phi) is 6.39. The summed E-state index contributed by atoms with van der Waals surface area (Å²) in [6.07, 6.45) is 1.54. The molecule has 0 fully saturated rings. The molecule has 0 saturated carbocycles. The molecule has 1 aromatic carbocycles. The van der Waals surface area contributed by atoms with Crippen molar-refractivity contribution in [1.82, 2.24) is 15.2 Å². The number of carbonyl (C=O) groups excluding carboxylic acids is 2. The third-order valence-electron chi connectivity index (χ3n) is 5.04. The van der Waals surface area contributed by atoms with Crippen LogP contribution in [0.15, 0.2) is 18.2 Å². The number of hydrogen-bond acceptors (Lipinski definition) is 3. The zero-order valence-corrected chi connectivity index (χ0v) is 17.4. The number of rotatable bonds is 7. The summed E-state index contributed by atoms with van der Waals surface area (Å²) in [6, 6.07) is 4.10. The summed E-state index contributed by atoms with van der Waals surface area (Å²) in [5, 5.41) is 5.81. The first-order valence-electron chi connectivity index (χ1n) is 9.57. The lowest BCUT2D eigenvalue weighted by atomic mass is 10.1. The van der Waals surface area contributed by atoms with Crippen molar-refractivity contribution in [1.29, 1.82) is 0 Å². The van der Waals surface area contributed by atoms with Crippen molar-refractivity contribution in [3.63, 3.8) is 0 Å². The molecule has 0 unspecified atom stereocenters. The van der Waals surface area contributed by atoms with Gasteiger partial charge in [0.15, 0.2) is 0 Å². The van der Waals surface area contributed by atoms with Gasteiger partial charge in [0.2, 0.25) is 0 Å². The van der Waals surface area contributed by atoms with Crippen molar-refractivity contribution in [2.24, 2.45) is 0 Å². The van der Waals surface area contributed by atoms with Crippen LogP contribution in [-0.2, 0) is 4.79 Å². The number of halogens is 2. The second-order valence-electron chi connectivity index (χ2n) is 6.84. The molecule has 0 spiro atoms. The van der Waals surface area contributed by atoms with Gasteiger partial charge < -0.3 is 20.5 Å². The zero-order valence-electron chi connectivity index (χ0n) is 16.7. The molecule has 0 atom stereocenters. The van der Waals surface area contributed by atoms with Crippen LogP contribution in [0.3, 0.4) is 0 Å². The van der Waals surface area contributed by atoms with E-state index in [0.717, 1.165) is 19.6 Å². The van der Waals surface area contributed by atoms with E-state index < -0.39 is 5.82 Å². The zero-order chi connectivity index (χ0) is 21.1. The number of hydrogen-bond donors (Lipinski definition) is 3. The van der Waals surface area contributed by atoms with E-state index in [2.05, 4.69) is 34.4 Å². The van der Waals surface area contributed by atoms with Crippen LogP contribution in [0.1, 0.15) is 41.2 Å². The lowest BCUT2D eigenvalue weighted by Gasteiger charge is -2.17. The highest BCUT2D eigenvalue weighted by molar-refractivity contribution is 6.38. The molecule has 3 rings (SSSR count). The molecule has 2 heterocycles. The number of aromatic amines is 1. The molecule has 154 valence electrons. The highest BCUT2D eigenvalue weighted by atomic mass is 35.5. The fourth-order valence-electron chi connectivity index (χ4n) is 3.39. The third-order valence-corrected chi connectivity index (χ3v) is 5.43. The van der Waals surface area contributed by atoms with E-state index >= 15 is 0 Å². The molecule has 1 aliphatic heterocycles. The number of aromatic nitrogens is 1. The molecule has 2 aromatic rings. The number of likely N-dealkylation sites (N-methyl/N-ethyl adjacent to an activating group) is 1. The second kappa shape index (κ2) is 8.80. The van der Waals surface area contributed by atoms with Crippen molar-refractivity contribution in [3.8, 4) is 0 Å². The molecule has 0 radical (unpaired) electrons. The SMILES string of the molecule is CCN(CC)CCNC(=O)c1c(C)[nH]c(/C=C2\C(=O)Nc3ccc(F)cc32)c1Cl. The normalized spacial score (nSPS) is 14.4. The number of benzene rings is 1. The first kappa shape index (κ1) is 21.1. The maximum absolute atomic E-state index is 13.6. The van der Waals surface area contributed by atoms with Gasteiger partial charge in [0.1, 0.15) is 5.82 Å². The lowest BCUT2D eigenvalue weighted by Crippen LogP contribution is -2.35. The van der Waals surface area contributed by atoms with Crippen LogP contribution in [0, 0.1) is 12.7 Å². The molecule has 2 amide bonds. The van der Waals surface area contributed by atoms with Crippen molar-refractivity contribution < 1.29 is 14.0 Å². The van der Waals surface area contributed by atoms with Gasteiger partial charge in [0.05, 0.1) is 21.9 Å². The summed E-state index contributed by atoms with van der Waals surface area (Å²) in [4.78, 5) is 30.2. The van der Waals surface area contributed by atoms with E-state index in [1.54, 1.807) is 13.0 Å². The Balaban J connectivity index is 1.83. The van der Waals surface area contributed by atoms with E-state index in [1.807, 2.05) is 0 Å². The van der Waals surface area contributed by atoms with Gasteiger partial charge in [-0.05, 0) is 44.3 Å². The minimum Gasteiger partial charge on any atom is -0.357 e. The minimum absolute atomic E-state index is 0.230. The maximum atomic E-state index is 13.6. The van der Waals surface area contributed by atoms with E-state index in [1.165, 1.54) is 18.2 Å². The van der Waals surface area contributed by atoms with Crippen LogP contribution in [0.5, 0.6) is 0 Å². The highest BCUT2D eigenvalue weighted by Crippen LogP contribution is 2.35. The van der Waals surface area contributed by atoms with E-state index in [4.69, 9.17) is 11.6 Å². The predicted molar refractivity (Wildman–Crippen MR) is 114 cm³/mol. The van der Waals surface area contributed by atoms with E-state index in [9.17, 15) is 14.0 Å². The summed E-state index contributed by atoms with van der Waals surface area (Å²) in [5.74, 6) is -1.06.